The van der Waals surface area contributed by atoms with Crippen molar-refractivity contribution in [1.82, 2.24) is 15.1 Å². The lowest BCUT2D eigenvalue weighted by Gasteiger charge is -2.25. The zero-order valence-corrected chi connectivity index (χ0v) is 15.2. The maximum atomic E-state index is 13.0. The summed E-state index contributed by atoms with van der Waals surface area (Å²) in [6.07, 6.45) is -4.25. The van der Waals surface area contributed by atoms with Crippen LogP contribution in [0.2, 0.25) is 0 Å². The number of amides is 1. The molecule has 0 saturated heterocycles. The highest BCUT2D eigenvalue weighted by Crippen LogP contribution is 2.34. The van der Waals surface area contributed by atoms with Crippen molar-refractivity contribution in [1.29, 1.82) is 0 Å². The van der Waals surface area contributed by atoms with E-state index in [0.717, 1.165) is 18.0 Å². The SMILES string of the molecule is CC(=O)O[C@H]1Cc2cc(C(C)C)c3[nH]ncc3c2CN(CC(F)(F)F)C1=O. The van der Waals surface area contributed by atoms with Gasteiger partial charge in [0.1, 0.15) is 6.54 Å². The summed E-state index contributed by atoms with van der Waals surface area (Å²) in [6.45, 7) is 3.48. The van der Waals surface area contributed by atoms with E-state index >= 15 is 0 Å². The molecule has 1 N–H and O–H groups in total. The van der Waals surface area contributed by atoms with E-state index in [9.17, 15) is 22.8 Å². The summed E-state index contributed by atoms with van der Waals surface area (Å²) < 4.78 is 44.1. The number of esters is 1. The molecule has 0 radical (unpaired) electrons. The number of hydrogen-bond donors (Lipinski definition) is 1. The standard InChI is InChI=1S/C18H20F3N3O3/c1-9(2)12-4-11-5-15(27-10(3)25)17(26)24(8-18(19,20)21)7-14(11)13-6-22-23-16(12)13/h4,6,9,15H,5,7-8H2,1-3H3,(H,22,23)/t15-/m0/s1. The van der Waals surface area contributed by atoms with Crippen molar-refractivity contribution in [2.45, 2.75) is 51.9 Å². The van der Waals surface area contributed by atoms with Gasteiger partial charge in [0.15, 0.2) is 6.10 Å². The molecule has 0 aliphatic carbocycles. The average Bonchev–Trinajstić information content (AvgIpc) is 2.97. The zero-order chi connectivity index (χ0) is 19.9. The van der Waals surface area contributed by atoms with E-state index in [-0.39, 0.29) is 18.9 Å². The summed E-state index contributed by atoms with van der Waals surface area (Å²) in [6, 6.07) is 1.86. The van der Waals surface area contributed by atoms with Gasteiger partial charge >= 0.3 is 12.1 Å². The predicted molar refractivity (Wildman–Crippen MR) is 90.9 cm³/mol. The third kappa shape index (κ3) is 3.91. The molecule has 3 rings (SSSR count). The van der Waals surface area contributed by atoms with Crippen molar-refractivity contribution < 1.29 is 27.5 Å². The first kappa shape index (κ1) is 19.2. The quantitative estimate of drug-likeness (QED) is 0.827. The van der Waals surface area contributed by atoms with Crippen molar-refractivity contribution in [3.05, 3.63) is 29.0 Å². The van der Waals surface area contributed by atoms with E-state index in [1.54, 1.807) is 6.20 Å². The summed E-state index contributed by atoms with van der Waals surface area (Å²) in [7, 11) is 0. The number of fused-ring (bicyclic) bond motifs is 3. The molecule has 0 unspecified atom stereocenters. The Bertz CT molecular complexity index is 889. The van der Waals surface area contributed by atoms with Crippen LogP contribution in [0.5, 0.6) is 0 Å². The minimum Gasteiger partial charge on any atom is -0.452 e. The first-order chi connectivity index (χ1) is 12.6. The van der Waals surface area contributed by atoms with E-state index in [4.69, 9.17) is 4.74 Å². The van der Waals surface area contributed by atoms with Gasteiger partial charge in [0.2, 0.25) is 0 Å². The van der Waals surface area contributed by atoms with Crippen LogP contribution in [-0.2, 0) is 27.3 Å². The number of H-pyrrole nitrogens is 1. The molecule has 0 saturated carbocycles. The number of hydrogen-bond acceptors (Lipinski definition) is 4. The molecule has 2 aromatic rings. The molecule has 1 aliphatic heterocycles. The molecule has 1 aromatic carbocycles. The van der Waals surface area contributed by atoms with Gasteiger partial charge in [0.25, 0.3) is 5.91 Å². The van der Waals surface area contributed by atoms with E-state index in [2.05, 4.69) is 10.2 Å². The Kier molecular flexibility index (Phi) is 4.88. The van der Waals surface area contributed by atoms with Crippen LogP contribution in [0, 0.1) is 0 Å². The van der Waals surface area contributed by atoms with Gasteiger partial charge in [-0.25, -0.2) is 0 Å². The molecule has 2 heterocycles. The molecule has 9 heteroatoms. The monoisotopic (exact) mass is 383 g/mol. The third-order valence-corrected chi connectivity index (χ3v) is 4.61. The van der Waals surface area contributed by atoms with Crippen molar-refractivity contribution >= 4 is 22.8 Å². The largest absolute Gasteiger partial charge is 0.452 e. The maximum Gasteiger partial charge on any atom is 0.406 e. The molecule has 1 atom stereocenters. The van der Waals surface area contributed by atoms with Crippen LogP contribution < -0.4 is 0 Å². The van der Waals surface area contributed by atoms with Crippen LogP contribution in [0.1, 0.15) is 43.4 Å². The number of aromatic nitrogens is 2. The fourth-order valence-electron chi connectivity index (χ4n) is 3.48. The molecule has 0 fully saturated rings. The molecule has 0 bridgehead atoms. The molecule has 27 heavy (non-hydrogen) atoms. The van der Waals surface area contributed by atoms with Gasteiger partial charge in [-0.3, -0.25) is 14.7 Å². The summed E-state index contributed by atoms with van der Waals surface area (Å²) in [5.74, 6) is -1.42. The Labute approximate surface area is 153 Å². The molecule has 6 nitrogen and oxygen atoms in total. The van der Waals surface area contributed by atoms with Gasteiger partial charge in [0.05, 0.1) is 11.7 Å². The van der Waals surface area contributed by atoms with Crippen LogP contribution in [0.15, 0.2) is 12.3 Å². The lowest BCUT2D eigenvalue weighted by molar-refractivity contribution is -0.172. The predicted octanol–water partition coefficient (Wildman–Crippen LogP) is 3.07. The molecule has 0 spiro atoms. The van der Waals surface area contributed by atoms with Crippen LogP contribution in [0.3, 0.4) is 0 Å². The van der Waals surface area contributed by atoms with Gasteiger partial charge < -0.3 is 9.64 Å². The van der Waals surface area contributed by atoms with Crippen molar-refractivity contribution in [2.24, 2.45) is 0 Å². The second kappa shape index (κ2) is 6.86. The molecule has 146 valence electrons. The van der Waals surface area contributed by atoms with Crippen molar-refractivity contribution in [2.75, 3.05) is 6.54 Å². The van der Waals surface area contributed by atoms with Gasteiger partial charge in [-0.05, 0) is 22.6 Å². The lowest BCUT2D eigenvalue weighted by atomic mass is 9.91. The number of aromatic amines is 1. The Morgan fingerprint density at radius 2 is 2.15 bits per heavy atom. The minimum atomic E-state index is -4.56. The van der Waals surface area contributed by atoms with E-state index in [1.165, 1.54) is 0 Å². The number of nitrogens with zero attached hydrogens (tertiary/aromatic N) is 2. The highest BCUT2D eigenvalue weighted by Gasteiger charge is 2.39. The fraction of sp³-hybridized carbons (Fsp3) is 0.500. The van der Waals surface area contributed by atoms with Crippen molar-refractivity contribution in [3.8, 4) is 0 Å². The number of rotatable bonds is 3. The molecule has 1 aromatic heterocycles. The smallest absolute Gasteiger partial charge is 0.406 e. The molecule has 1 aliphatic rings. The van der Waals surface area contributed by atoms with Crippen LogP contribution in [0.25, 0.3) is 10.9 Å². The number of carbonyl (C=O) groups is 2. The Balaban J connectivity index is 2.15. The topological polar surface area (TPSA) is 75.3 Å². The average molecular weight is 383 g/mol. The number of nitrogens with one attached hydrogen (secondary N) is 1. The van der Waals surface area contributed by atoms with E-state index in [1.807, 2.05) is 19.9 Å². The summed E-state index contributed by atoms with van der Waals surface area (Å²) in [5, 5.41) is 7.61. The number of benzene rings is 1. The van der Waals surface area contributed by atoms with Crippen molar-refractivity contribution in [3.63, 3.8) is 0 Å². The number of carbonyl (C=O) groups excluding carboxylic acids is 2. The number of alkyl halides is 3. The fourth-order valence-corrected chi connectivity index (χ4v) is 3.48. The van der Waals surface area contributed by atoms with Crippen LogP contribution >= 0.6 is 0 Å². The highest BCUT2D eigenvalue weighted by atomic mass is 19.4. The Morgan fingerprint density at radius 1 is 1.44 bits per heavy atom. The Morgan fingerprint density at radius 3 is 2.74 bits per heavy atom. The normalized spacial score (nSPS) is 18.0. The summed E-state index contributed by atoms with van der Waals surface area (Å²) in [4.78, 5) is 24.7. The lowest BCUT2D eigenvalue weighted by Crippen LogP contribution is -2.44. The van der Waals surface area contributed by atoms with Gasteiger partial charge in [0, 0.05) is 25.3 Å². The van der Waals surface area contributed by atoms with Gasteiger partial charge in [-0.1, -0.05) is 19.9 Å². The molecule has 1 amide bonds. The maximum absolute atomic E-state index is 13.0. The van der Waals surface area contributed by atoms with E-state index in [0.29, 0.717) is 21.4 Å². The second-order valence-electron chi connectivity index (χ2n) is 7.03. The second-order valence-corrected chi connectivity index (χ2v) is 7.03. The minimum absolute atomic E-state index is 0.0307. The zero-order valence-electron chi connectivity index (χ0n) is 15.2. The van der Waals surface area contributed by atoms with Gasteiger partial charge in [-0.15, -0.1) is 0 Å². The summed E-state index contributed by atoms with van der Waals surface area (Å²) in [5.41, 5.74) is 2.97. The number of halogens is 3. The first-order valence-electron chi connectivity index (χ1n) is 8.57. The Hall–Kier alpha value is -2.58. The van der Waals surface area contributed by atoms with E-state index < -0.39 is 30.7 Å². The number of ether oxygens (including phenoxy) is 1. The van der Waals surface area contributed by atoms with Gasteiger partial charge in [-0.2, -0.15) is 18.3 Å². The highest BCUT2D eigenvalue weighted by molar-refractivity contribution is 5.90. The first-order valence-corrected chi connectivity index (χ1v) is 8.57. The van der Waals surface area contributed by atoms with Crippen LogP contribution in [-0.4, -0.2) is 45.8 Å². The molecular weight excluding hydrogens is 363 g/mol. The molecular formula is C18H20F3N3O3. The van der Waals surface area contributed by atoms with Crippen LogP contribution in [0.4, 0.5) is 13.2 Å². The third-order valence-electron chi connectivity index (χ3n) is 4.61. The summed E-state index contributed by atoms with van der Waals surface area (Å²) >= 11 is 0.